The van der Waals surface area contributed by atoms with E-state index >= 15 is 0 Å². The van der Waals surface area contributed by atoms with E-state index in [1.807, 2.05) is 41.5 Å². The quantitative estimate of drug-likeness (QED) is 0.314. The molecule has 5 rings (SSSR count). The van der Waals surface area contributed by atoms with Crippen molar-refractivity contribution in [3.05, 3.63) is 5.92 Å². The minimum Gasteiger partial charge on any atom is -0.303 e. The Bertz CT molecular complexity index is 358. The standard InChI is InChI=1S/C21H33.3C2H6.Y/c1-3-10-18-14(6-1)12-16-8-5-9-17-13-15-7-2-4-11-19(15)21(18)20(16)17;3*1-2;/h14-20H,1-13H2;3*1-2H3;/q-1;;;;. The molecule has 0 aromatic rings. The first kappa shape index (κ1) is 27.1. The van der Waals surface area contributed by atoms with E-state index < -0.39 is 0 Å². The van der Waals surface area contributed by atoms with Crippen LogP contribution in [0, 0.1) is 47.3 Å². The molecule has 0 saturated heterocycles. The minimum atomic E-state index is 0. The zero-order chi connectivity index (χ0) is 19.8. The van der Waals surface area contributed by atoms with Crippen LogP contribution < -0.4 is 0 Å². The smallest absolute Gasteiger partial charge is 0 e. The van der Waals surface area contributed by atoms with Gasteiger partial charge in [-0.25, -0.2) is 0 Å². The third kappa shape index (κ3) is 5.66. The third-order valence-electron chi connectivity index (χ3n) is 8.44. The summed E-state index contributed by atoms with van der Waals surface area (Å²) in [6.45, 7) is 12.0. The van der Waals surface area contributed by atoms with Crippen molar-refractivity contribution in [1.29, 1.82) is 0 Å². The molecule has 0 amide bonds. The van der Waals surface area contributed by atoms with E-state index in [1.54, 1.807) is 83.5 Å². The molecule has 1 radical (unpaired) electrons. The Kier molecular flexibility index (Phi) is 13.8. The molecule has 28 heavy (non-hydrogen) atoms. The van der Waals surface area contributed by atoms with E-state index in [0.717, 1.165) is 41.4 Å². The number of hydrogen-bond acceptors (Lipinski definition) is 0. The molecule has 5 aliphatic rings. The van der Waals surface area contributed by atoms with Crippen LogP contribution in [0.2, 0.25) is 0 Å². The molecule has 0 aliphatic heterocycles. The monoisotopic (exact) mass is 464 g/mol. The number of hydrogen-bond donors (Lipinski definition) is 0. The predicted octanol–water partition coefficient (Wildman–Crippen LogP) is 9.09. The fourth-order valence-corrected chi connectivity index (χ4v) is 7.86. The van der Waals surface area contributed by atoms with Gasteiger partial charge in [0.25, 0.3) is 0 Å². The van der Waals surface area contributed by atoms with Crippen LogP contribution in [0.1, 0.15) is 125 Å². The summed E-state index contributed by atoms with van der Waals surface area (Å²) in [4.78, 5) is 0. The molecule has 5 saturated carbocycles. The van der Waals surface area contributed by atoms with Gasteiger partial charge in [0, 0.05) is 32.7 Å². The van der Waals surface area contributed by atoms with E-state index in [9.17, 15) is 0 Å². The maximum absolute atomic E-state index is 2.21. The first-order valence-corrected chi connectivity index (χ1v) is 13.3. The van der Waals surface area contributed by atoms with Gasteiger partial charge in [-0.05, 0) is 0 Å². The van der Waals surface area contributed by atoms with E-state index in [2.05, 4.69) is 5.92 Å². The summed E-state index contributed by atoms with van der Waals surface area (Å²) in [5.41, 5.74) is 0. The van der Waals surface area contributed by atoms with Crippen molar-refractivity contribution in [2.75, 3.05) is 0 Å². The van der Waals surface area contributed by atoms with Crippen molar-refractivity contribution < 1.29 is 32.7 Å². The molecule has 6 atom stereocenters. The van der Waals surface area contributed by atoms with Crippen molar-refractivity contribution in [1.82, 2.24) is 0 Å². The van der Waals surface area contributed by atoms with E-state index in [1.165, 1.54) is 0 Å². The van der Waals surface area contributed by atoms with Gasteiger partial charge in [-0.3, -0.25) is 0 Å². The summed E-state index contributed by atoms with van der Waals surface area (Å²) >= 11 is 0. The van der Waals surface area contributed by atoms with Gasteiger partial charge in [0.05, 0.1) is 0 Å². The Balaban J connectivity index is 0.000000516. The summed E-state index contributed by atoms with van der Waals surface area (Å²) in [5, 5.41) is 0. The Morgan fingerprint density at radius 1 is 0.464 bits per heavy atom. The molecule has 5 fully saturated rings. The molecule has 0 heterocycles. The summed E-state index contributed by atoms with van der Waals surface area (Å²) in [5.74, 6) is 9.98. The fraction of sp³-hybridized carbons (Fsp3) is 0.963. The average Bonchev–Trinajstić information content (AvgIpc) is 2.78. The van der Waals surface area contributed by atoms with Crippen LogP contribution in [-0.4, -0.2) is 0 Å². The molecular weight excluding hydrogens is 413 g/mol. The molecule has 6 unspecified atom stereocenters. The molecule has 163 valence electrons. The van der Waals surface area contributed by atoms with Gasteiger partial charge < -0.3 is 5.92 Å². The molecule has 0 spiro atoms. The summed E-state index contributed by atoms with van der Waals surface area (Å²) in [6, 6.07) is 0. The first-order valence-electron chi connectivity index (χ1n) is 13.3. The maximum atomic E-state index is 2.21. The van der Waals surface area contributed by atoms with Crippen molar-refractivity contribution in [2.45, 2.75) is 125 Å². The Morgan fingerprint density at radius 3 is 1.25 bits per heavy atom. The second-order valence-electron chi connectivity index (χ2n) is 9.25. The molecule has 0 aromatic heterocycles. The van der Waals surface area contributed by atoms with Gasteiger partial charge in [-0.1, -0.05) is 149 Å². The maximum Gasteiger partial charge on any atom is 0 e. The average molecular weight is 465 g/mol. The third-order valence-corrected chi connectivity index (χ3v) is 8.44. The SMILES string of the molecule is C1CCC2[C-]3C4CCCCC4CC4CCCC(CC2C1)C34.CC.CC.CC.[Y]. The van der Waals surface area contributed by atoms with E-state index in [-0.39, 0.29) is 32.7 Å². The fourth-order valence-electron chi connectivity index (χ4n) is 7.86. The molecule has 1 heteroatoms. The largest absolute Gasteiger partial charge is 0.303 e. The molecule has 0 nitrogen and oxygen atoms in total. The first-order chi connectivity index (χ1) is 13.4. The van der Waals surface area contributed by atoms with Crippen molar-refractivity contribution in [2.24, 2.45) is 41.4 Å². The topological polar surface area (TPSA) is 0 Å². The second-order valence-corrected chi connectivity index (χ2v) is 9.25. The van der Waals surface area contributed by atoms with Crippen molar-refractivity contribution in [3.8, 4) is 0 Å². The van der Waals surface area contributed by atoms with Crippen LogP contribution in [0.3, 0.4) is 0 Å². The van der Waals surface area contributed by atoms with Gasteiger partial charge in [0.15, 0.2) is 0 Å². The van der Waals surface area contributed by atoms with Crippen LogP contribution >= 0.6 is 0 Å². The summed E-state index contributed by atoms with van der Waals surface area (Å²) in [6.07, 6.45) is 20.5. The van der Waals surface area contributed by atoms with Gasteiger partial charge in [-0.2, -0.15) is 17.8 Å². The molecule has 0 aromatic carbocycles. The van der Waals surface area contributed by atoms with Crippen molar-refractivity contribution >= 4 is 0 Å². The van der Waals surface area contributed by atoms with Crippen LogP contribution in [0.5, 0.6) is 0 Å². The number of rotatable bonds is 0. The molecule has 5 aliphatic carbocycles. The Hall–Kier alpha value is 1.10. The van der Waals surface area contributed by atoms with Crippen LogP contribution in [0.4, 0.5) is 0 Å². The molecule has 0 N–H and O–H groups in total. The van der Waals surface area contributed by atoms with E-state index in [4.69, 9.17) is 0 Å². The van der Waals surface area contributed by atoms with Crippen LogP contribution in [0.15, 0.2) is 0 Å². The predicted molar refractivity (Wildman–Crippen MR) is 122 cm³/mol. The molecular formula is C27H51Y-. The van der Waals surface area contributed by atoms with Gasteiger partial charge >= 0.3 is 0 Å². The Labute approximate surface area is 204 Å². The zero-order valence-corrected chi connectivity index (χ0v) is 23.1. The van der Waals surface area contributed by atoms with Crippen molar-refractivity contribution in [3.63, 3.8) is 0 Å². The summed E-state index contributed by atoms with van der Waals surface area (Å²) < 4.78 is 0. The second kappa shape index (κ2) is 14.2. The van der Waals surface area contributed by atoms with Gasteiger partial charge in [0.1, 0.15) is 0 Å². The normalized spacial score (nSPS) is 40.7. The number of fused-ring (bicyclic) bond motifs is 4. The zero-order valence-electron chi connectivity index (χ0n) is 20.3. The van der Waals surface area contributed by atoms with Gasteiger partial charge in [0.2, 0.25) is 0 Å². The van der Waals surface area contributed by atoms with E-state index in [0.29, 0.717) is 0 Å². The van der Waals surface area contributed by atoms with Gasteiger partial charge in [-0.15, -0.1) is 0 Å². The summed E-state index contributed by atoms with van der Waals surface area (Å²) in [7, 11) is 0. The van der Waals surface area contributed by atoms with Crippen LogP contribution in [-0.2, 0) is 32.7 Å². The minimum absolute atomic E-state index is 0. The Morgan fingerprint density at radius 2 is 0.821 bits per heavy atom. The molecule has 0 bridgehead atoms. The van der Waals surface area contributed by atoms with Crippen LogP contribution in [0.25, 0.3) is 0 Å².